The van der Waals surface area contributed by atoms with Crippen LogP contribution < -0.4 is 19.1 Å². The minimum absolute atomic E-state index is 0.0397. The zero-order valence-electron chi connectivity index (χ0n) is 21.0. The quantitative estimate of drug-likeness (QED) is 0.345. The highest BCUT2D eigenvalue weighted by Crippen LogP contribution is 2.42. The van der Waals surface area contributed by atoms with E-state index in [2.05, 4.69) is 19.2 Å². The van der Waals surface area contributed by atoms with Crippen LogP contribution in [0.1, 0.15) is 57.6 Å². The standard InChI is InChI=1S/C25H33N3O7S/c1-5-25(6-2)17-20(19-10-7-8-11-22(19)35-25)26-24(29)12-9-15-27(36(4,32)33)21-16-18(28(30)31)13-14-23(21)34-3/h7-8,10-11,13-14,16,20H,5-6,9,12,15,17H2,1-4H3,(H,26,29). The van der Waals surface area contributed by atoms with E-state index in [9.17, 15) is 23.3 Å². The summed E-state index contributed by atoms with van der Waals surface area (Å²) in [6.45, 7) is 4.10. The monoisotopic (exact) mass is 519 g/mol. The molecule has 1 unspecified atom stereocenters. The first-order chi connectivity index (χ1) is 17.0. The van der Waals surface area contributed by atoms with Gasteiger partial charge in [-0.1, -0.05) is 32.0 Å². The number of para-hydroxylation sites is 1. The molecule has 2 aromatic rings. The van der Waals surface area contributed by atoms with Crippen LogP contribution in [0.4, 0.5) is 11.4 Å². The van der Waals surface area contributed by atoms with Gasteiger partial charge in [0.25, 0.3) is 5.69 Å². The number of rotatable bonds is 11. The van der Waals surface area contributed by atoms with Gasteiger partial charge in [0, 0.05) is 37.1 Å². The number of anilines is 1. The van der Waals surface area contributed by atoms with Crippen LogP contribution in [-0.4, -0.2) is 44.8 Å². The van der Waals surface area contributed by atoms with Crippen molar-refractivity contribution in [2.45, 2.75) is 57.6 Å². The lowest BCUT2D eigenvalue weighted by atomic mass is 9.83. The van der Waals surface area contributed by atoms with E-state index >= 15 is 0 Å². The molecule has 0 spiro atoms. The van der Waals surface area contributed by atoms with E-state index in [1.807, 2.05) is 24.3 Å². The second-order valence-electron chi connectivity index (χ2n) is 8.91. The summed E-state index contributed by atoms with van der Waals surface area (Å²) in [5.41, 5.74) is 0.356. The molecule has 10 nitrogen and oxygen atoms in total. The molecule has 1 aliphatic rings. The van der Waals surface area contributed by atoms with Gasteiger partial charge in [0.05, 0.1) is 24.3 Å². The van der Waals surface area contributed by atoms with Crippen LogP contribution in [0.25, 0.3) is 0 Å². The molecule has 0 saturated carbocycles. The fourth-order valence-electron chi connectivity index (χ4n) is 4.53. The largest absolute Gasteiger partial charge is 0.495 e. The molecule has 11 heteroatoms. The number of hydrogen-bond donors (Lipinski definition) is 1. The Hall–Kier alpha value is -3.34. The van der Waals surface area contributed by atoms with Crippen molar-refractivity contribution in [1.82, 2.24) is 5.32 Å². The summed E-state index contributed by atoms with van der Waals surface area (Å²) < 4.78 is 37.6. The van der Waals surface area contributed by atoms with Gasteiger partial charge in [-0.05, 0) is 31.4 Å². The predicted molar refractivity (Wildman–Crippen MR) is 137 cm³/mol. The lowest BCUT2D eigenvalue weighted by Crippen LogP contribution is -2.44. The number of hydrogen-bond acceptors (Lipinski definition) is 7. The molecule has 1 atom stereocenters. The van der Waals surface area contributed by atoms with E-state index in [0.29, 0.717) is 6.42 Å². The highest BCUT2D eigenvalue weighted by Gasteiger charge is 2.38. The molecule has 196 valence electrons. The Morgan fingerprint density at radius 3 is 2.56 bits per heavy atom. The molecule has 0 bridgehead atoms. The molecule has 1 N–H and O–H groups in total. The maximum Gasteiger partial charge on any atom is 0.271 e. The lowest BCUT2D eigenvalue weighted by molar-refractivity contribution is -0.384. The van der Waals surface area contributed by atoms with E-state index in [0.717, 1.165) is 40.8 Å². The zero-order valence-corrected chi connectivity index (χ0v) is 21.8. The van der Waals surface area contributed by atoms with Crippen molar-refractivity contribution < 1.29 is 27.6 Å². The van der Waals surface area contributed by atoms with Gasteiger partial charge in [-0.25, -0.2) is 8.42 Å². The smallest absolute Gasteiger partial charge is 0.271 e. The van der Waals surface area contributed by atoms with Crippen molar-refractivity contribution in [3.63, 3.8) is 0 Å². The maximum atomic E-state index is 12.9. The summed E-state index contributed by atoms with van der Waals surface area (Å²) in [5, 5.41) is 14.3. The highest BCUT2D eigenvalue weighted by atomic mass is 32.2. The number of non-ortho nitro benzene ring substituents is 1. The normalized spacial score (nSPS) is 16.4. The number of carbonyl (C=O) groups excluding carboxylic acids is 1. The number of nitrogens with zero attached hydrogens (tertiary/aromatic N) is 2. The van der Waals surface area contributed by atoms with Crippen molar-refractivity contribution >= 4 is 27.3 Å². The molecule has 1 heterocycles. The molecule has 0 radical (unpaired) electrons. The highest BCUT2D eigenvalue weighted by molar-refractivity contribution is 7.92. The fraction of sp³-hybridized carbons (Fsp3) is 0.480. The Morgan fingerprint density at radius 2 is 1.94 bits per heavy atom. The van der Waals surface area contributed by atoms with Gasteiger partial charge in [0.15, 0.2) is 0 Å². The number of nitro benzene ring substituents is 1. The summed E-state index contributed by atoms with van der Waals surface area (Å²) in [6, 6.07) is 11.2. The Bertz CT molecular complexity index is 1210. The molecule has 3 rings (SSSR count). The second kappa shape index (κ2) is 11.2. The summed E-state index contributed by atoms with van der Waals surface area (Å²) in [6.07, 6.45) is 3.55. The summed E-state index contributed by atoms with van der Waals surface area (Å²) in [4.78, 5) is 23.5. The van der Waals surface area contributed by atoms with Gasteiger partial charge >= 0.3 is 0 Å². The van der Waals surface area contributed by atoms with Crippen LogP contribution >= 0.6 is 0 Å². The number of nitrogens with one attached hydrogen (secondary N) is 1. The third kappa shape index (κ3) is 6.07. The van der Waals surface area contributed by atoms with Crippen LogP contribution in [-0.2, 0) is 14.8 Å². The summed E-state index contributed by atoms with van der Waals surface area (Å²) in [5.74, 6) is 0.737. The second-order valence-corrected chi connectivity index (χ2v) is 10.8. The van der Waals surface area contributed by atoms with E-state index < -0.39 is 14.9 Å². The number of methoxy groups -OCH3 is 1. The zero-order chi connectivity index (χ0) is 26.5. The maximum absolute atomic E-state index is 12.9. The Kier molecular flexibility index (Phi) is 8.44. The average Bonchev–Trinajstić information content (AvgIpc) is 2.85. The van der Waals surface area contributed by atoms with Gasteiger partial charge in [0.1, 0.15) is 22.8 Å². The first-order valence-electron chi connectivity index (χ1n) is 11.9. The summed E-state index contributed by atoms with van der Waals surface area (Å²) in [7, 11) is -2.44. The van der Waals surface area contributed by atoms with Crippen molar-refractivity contribution in [1.29, 1.82) is 0 Å². The first kappa shape index (κ1) is 27.3. The van der Waals surface area contributed by atoms with Crippen LogP contribution in [0.15, 0.2) is 42.5 Å². The molecule has 1 amide bonds. The van der Waals surface area contributed by atoms with Gasteiger partial charge in [-0.15, -0.1) is 0 Å². The minimum atomic E-state index is -3.80. The fourth-order valence-corrected chi connectivity index (χ4v) is 5.49. The van der Waals surface area contributed by atoms with Crippen LogP contribution in [0, 0.1) is 10.1 Å². The van der Waals surface area contributed by atoms with Crippen LogP contribution in [0.3, 0.4) is 0 Å². The number of benzene rings is 2. The van der Waals surface area contributed by atoms with Gasteiger partial charge in [-0.2, -0.15) is 0 Å². The van der Waals surface area contributed by atoms with Crippen molar-refractivity contribution in [2.24, 2.45) is 0 Å². The van der Waals surface area contributed by atoms with Crippen molar-refractivity contribution in [3.8, 4) is 11.5 Å². The van der Waals surface area contributed by atoms with Crippen molar-refractivity contribution in [3.05, 3.63) is 58.1 Å². The number of fused-ring (bicyclic) bond motifs is 1. The first-order valence-corrected chi connectivity index (χ1v) is 13.8. The van der Waals surface area contributed by atoms with E-state index in [1.165, 1.54) is 19.2 Å². The SMILES string of the molecule is CCC1(CC)CC(NC(=O)CCCN(c2cc([N+](=O)[O-])ccc2OC)S(C)(=O)=O)c2ccccc2O1. The molecule has 36 heavy (non-hydrogen) atoms. The summed E-state index contributed by atoms with van der Waals surface area (Å²) >= 11 is 0. The Morgan fingerprint density at radius 1 is 1.25 bits per heavy atom. The number of ether oxygens (including phenoxy) is 2. The molecular weight excluding hydrogens is 486 g/mol. The lowest BCUT2D eigenvalue weighted by Gasteiger charge is -2.41. The third-order valence-electron chi connectivity index (χ3n) is 6.63. The van der Waals surface area contributed by atoms with Gasteiger partial charge in [-0.3, -0.25) is 19.2 Å². The number of nitro groups is 1. The minimum Gasteiger partial charge on any atom is -0.495 e. The molecule has 0 aromatic heterocycles. The average molecular weight is 520 g/mol. The van der Waals surface area contributed by atoms with Crippen molar-refractivity contribution in [2.75, 3.05) is 24.2 Å². The van der Waals surface area contributed by atoms with Gasteiger partial charge in [0.2, 0.25) is 15.9 Å². The molecule has 0 fully saturated rings. The topological polar surface area (TPSA) is 128 Å². The Balaban J connectivity index is 1.73. The number of carbonyl (C=O) groups is 1. The number of sulfonamides is 1. The molecule has 0 aliphatic carbocycles. The number of amides is 1. The molecule has 1 aliphatic heterocycles. The predicted octanol–water partition coefficient (Wildman–Crippen LogP) is 4.35. The Labute approximate surface area is 211 Å². The van der Waals surface area contributed by atoms with E-state index in [1.54, 1.807) is 0 Å². The van der Waals surface area contributed by atoms with E-state index in [-0.39, 0.29) is 54.1 Å². The molecular formula is C25H33N3O7S. The van der Waals surface area contributed by atoms with Crippen LogP contribution in [0.5, 0.6) is 11.5 Å². The van der Waals surface area contributed by atoms with E-state index in [4.69, 9.17) is 9.47 Å². The third-order valence-corrected chi connectivity index (χ3v) is 7.81. The molecule has 2 aromatic carbocycles. The molecule has 0 saturated heterocycles. The van der Waals surface area contributed by atoms with Crippen LogP contribution in [0.2, 0.25) is 0 Å². The van der Waals surface area contributed by atoms with Gasteiger partial charge < -0.3 is 14.8 Å².